The van der Waals surface area contributed by atoms with Crippen molar-refractivity contribution in [3.63, 3.8) is 0 Å². The molecule has 144 valence electrons. The third kappa shape index (κ3) is 1580. The van der Waals surface area contributed by atoms with Crippen molar-refractivity contribution in [2.24, 2.45) is 0 Å². The van der Waals surface area contributed by atoms with Crippen LogP contribution in [-0.2, 0) is 0 Å². The van der Waals surface area contributed by atoms with E-state index in [1.165, 1.54) is 0 Å². The molecule has 0 aliphatic rings. The van der Waals surface area contributed by atoms with Gasteiger partial charge in [0.2, 0.25) is 0 Å². The van der Waals surface area contributed by atoms with E-state index in [-0.39, 0.29) is 71.2 Å². The predicted octanol–water partition coefficient (Wildman–Crippen LogP) is -1.43. The Balaban J connectivity index is -0.0000000245. The fourth-order valence-electron chi connectivity index (χ4n) is 0. The maximum absolute atomic E-state index is 8.25. The molecule has 0 saturated carbocycles. The van der Waals surface area contributed by atoms with Gasteiger partial charge < -0.3 is 91.9 Å². The minimum absolute atomic E-state index is 0. The van der Waals surface area contributed by atoms with Crippen LogP contribution in [0.15, 0.2) is 0 Å². The molecule has 0 fully saturated rings. The summed E-state index contributed by atoms with van der Waals surface area (Å²) in [7, 11) is 0. The first-order valence-corrected chi connectivity index (χ1v) is 3.29. The van der Waals surface area contributed by atoms with Gasteiger partial charge in [0.25, 0.3) is 0 Å². The molecule has 0 rings (SSSR count). The normalized spacial score (nSPS) is 5.54. The summed E-state index contributed by atoms with van der Waals surface area (Å²) < 4.78 is 0. The van der Waals surface area contributed by atoms with Gasteiger partial charge in [-0.2, -0.15) is 0 Å². The van der Waals surface area contributed by atoms with Gasteiger partial charge in [-0.1, -0.05) is 0 Å². The van der Waals surface area contributed by atoms with E-state index in [9.17, 15) is 0 Å². The molecule has 26 heteroatoms. The van der Waals surface area contributed by atoms with Crippen LogP contribution in [0.3, 0.4) is 0 Å². The Morgan fingerprint density at radius 1 is 0.269 bits per heavy atom. The molecule has 0 saturated heterocycles. The van der Waals surface area contributed by atoms with E-state index in [2.05, 4.69) is 0 Å². The molecule has 24 nitrogen and oxygen atoms in total. The third-order valence-electron chi connectivity index (χ3n) is 0. The Labute approximate surface area is 192 Å². The molecule has 0 spiro atoms. The monoisotopic (exact) mass is 650 g/mol. The average molecular weight is 650 g/mol. The number of hydrogen-bond acceptors (Lipinski definition) is 18. The Morgan fingerprint density at radius 2 is 0.269 bits per heavy atom. The summed E-state index contributed by atoms with van der Waals surface area (Å²) in [4.78, 5) is 49.5. The summed E-state index contributed by atoms with van der Waals surface area (Å²) in [5.74, 6) is 0. The topological polar surface area (TPSA) is 397 Å². The molecule has 0 amide bonds. The maximum atomic E-state index is 8.25. The minimum Gasteiger partial charge on any atom is -0.356 e. The second kappa shape index (κ2) is 43.3. The zero-order valence-electron chi connectivity index (χ0n) is 11.2. The molecular formula is La2N6O18. The number of rotatable bonds is 0. The Morgan fingerprint density at radius 3 is 0.269 bits per heavy atom. The van der Waals surface area contributed by atoms with E-state index < -0.39 is 30.5 Å². The molecular weight excluding hydrogens is 650 g/mol. The summed E-state index contributed by atoms with van der Waals surface area (Å²) in [5, 5.41) is 88.5. The molecule has 0 aromatic rings. The molecule has 0 unspecified atom stereocenters. The second-order valence-electron chi connectivity index (χ2n) is 1.34. The van der Waals surface area contributed by atoms with Crippen LogP contribution < -0.4 is 0 Å². The van der Waals surface area contributed by atoms with Crippen LogP contribution >= 0.6 is 0 Å². The van der Waals surface area contributed by atoms with Crippen LogP contribution in [0.4, 0.5) is 0 Å². The van der Waals surface area contributed by atoms with Gasteiger partial charge in [0.1, 0.15) is 0 Å². The van der Waals surface area contributed by atoms with Gasteiger partial charge in [-0.15, -0.1) is 0 Å². The number of nitrogens with zero attached hydrogens (tertiary/aromatic N) is 6. The van der Waals surface area contributed by atoms with E-state index in [1.807, 2.05) is 0 Å². The fraction of sp³-hybridized carbons (Fsp3) is 0. The standard InChI is InChI=1S/2La.6NO3/c;;6*2-1(3)4/q2*+3;6*-1. The minimum atomic E-state index is -1.75. The van der Waals surface area contributed by atoms with Crippen LogP contribution in [0.1, 0.15) is 0 Å². The molecule has 0 radical (unpaired) electrons. The predicted molar refractivity (Wildman–Crippen MR) is 62.2 cm³/mol. The van der Waals surface area contributed by atoms with Crippen molar-refractivity contribution in [1.82, 2.24) is 0 Å². The quantitative estimate of drug-likeness (QED) is 0.214. The smallest absolute Gasteiger partial charge is 0.356 e. The van der Waals surface area contributed by atoms with Crippen molar-refractivity contribution in [3.05, 3.63) is 91.9 Å². The van der Waals surface area contributed by atoms with Crippen LogP contribution in [0, 0.1) is 163 Å². The van der Waals surface area contributed by atoms with Crippen molar-refractivity contribution in [2.45, 2.75) is 0 Å². The van der Waals surface area contributed by atoms with E-state index in [0.29, 0.717) is 0 Å². The van der Waals surface area contributed by atoms with Gasteiger partial charge in [0.15, 0.2) is 0 Å². The first-order chi connectivity index (χ1) is 10.4. The molecule has 0 bridgehead atoms. The fourth-order valence-corrected chi connectivity index (χ4v) is 0. The Kier molecular flexibility index (Phi) is 82.5. The van der Waals surface area contributed by atoms with Gasteiger partial charge in [-0.25, -0.2) is 0 Å². The molecule has 0 heterocycles. The molecule has 0 aromatic carbocycles. The van der Waals surface area contributed by atoms with Gasteiger partial charge in [-0.05, 0) is 0 Å². The van der Waals surface area contributed by atoms with Crippen molar-refractivity contribution < 1.29 is 102 Å². The Hall–Kier alpha value is -2.41. The summed E-state index contributed by atoms with van der Waals surface area (Å²) in [5.41, 5.74) is 0. The third-order valence-corrected chi connectivity index (χ3v) is 0. The van der Waals surface area contributed by atoms with E-state index in [0.717, 1.165) is 0 Å². The van der Waals surface area contributed by atoms with Crippen LogP contribution in [0.25, 0.3) is 0 Å². The molecule has 0 N–H and O–H groups in total. The molecule has 0 aromatic heterocycles. The largest absolute Gasteiger partial charge is 3.00 e. The average Bonchev–Trinajstić information content (AvgIpc) is 2.08. The van der Waals surface area contributed by atoms with Gasteiger partial charge in [-0.3, -0.25) is 0 Å². The van der Waals surface area contributed by atoms with Crippen molar-refractivity contribution in [2.75, 3.05) is 0 Å². The van der Waals surface area contributed by atoms with Crippen molar-refractivity contribution in [3.8, 4) is 0 Å². The zero-order valence-corrected chi connectivity index (χ0v) is 18.4. The maximum Gasteiger partial charge on any atom is 3.00 e. The van der Waals surface area contributed by atoms with Crippen LogP contribution in [-0.4, -0.2) is 30.5 Å². The second-order valence-corrected chi connectivity index (χ2v) is 1.34. The number of hydrogen-bond donors (Lipinski definition) is 0. The van der Waals surface area contributed by atoms with Crippen LogP contribution in [0.2, 0.25) is 0 Å². The molecule has 0 aliphatic carbocycles. The van der Waals surface area contributed by atoms with Crippen molar-refractivity contribution >= 4 is 0 Å². The zero-order chi connectivity index (χ0) is 21.5. The van der Waals surface area contributed by atoms with E-state index in [1.54, 1.807) is 0 Å². The van der Waals surface area contributed by atoms with E-state index >= 15 is 0 Å². The summed E-state index contributed by atoms with van der Waals surface area (Å²) in [6.07, 6.45) is 0. The SMILES string of the molecule is O=[N+]([O-])[O-].O=[N+]([O-])[O-].O=[N+]([O-])[O-].O=[N+]([O-])[O-].O=[N+]([O-])[O-].O=[N+]([O-])[O-].[La+3].[La+3]. The molecule has 0 atom stereocenters. The van der Waals surface area contributed by atoms with Gasteiger partial charge in [0.05, 0.1) is 30.5 Å². The Bertz CT molecular complexity index is 261. The molecule has 0 aliphatic heterocycles. The van der Waals surface area contributed by atoms with Crippen molar-refractivity contribution in [1.29, 1.82) is 0 Å². The van der Waals surface area contributed by atoms with Crippen LogP contribution in [0.5, 0.6) is 0 Å². The van der Waals surface area contributed by atoms with E-state index in [4.69, 9.17) is 91.9 Å². The summed E-state index contributed by atoms with van der Waals surface area (Å²) >= 11 is 0. The first kappa shape index (κ1) is 49.5. The summed E-state index contributed by atoms with van der Waals surface area (Å²) in [6, 6.07) is 0. The summed E-state index contributed by atoms with van der Waals surface area (Å²) in [6.45, 7) is 0. The van der Waals surface area contributed by atoms with Gasteiger partial charge >= 0.3 is 71.2 Å². The molecule has 26 heavy (non-hydrogen) atoms. The first-order valence-electron chi connectivity index (χ1n) is 3.29. The van der Waals surface area contributed by atoms with Gasteiger partial charge in [0, 0.05) is 0 Å².